The summed E-state index contributed by atoms with van der Waals surface area (Å²) >= 11 is 0. The van der Waals surface area contributed by atoms with Gasteiger partial charge in [-0.25, -0.2) is 4.98 Å². The third-order valence-corrected chi connectivity index (χ3v) is 5.45. The number of rotatable bonds is 10. The first-order chi connectivity index (χ1) is 16.7. The van der Waals surface area contributed by atoms with E-state index in [1.807, 2.05) is 25.1 Å². The molecule has 0 bridgehead atoms. The molecule has 2 aromatic carbocycles. The van der Waals surface area contributed by atoms with Gasteiger partial charge in [0.2, 0.25) is 5.91 Å². The van der Waals surface area contributed by atoms with E-state index in [0.717, 1.165) is 48.5 Å². The Bertz CT molecular complexity index is 1170. The summed E-state index contributed by atoms with van der Waals surface area (Å²) in [7, 11) is 0. The number of halogens is 3. The molecule has 1 heterocycles. The second kappa shape index (κ2) is 11.7. The van der Waals surface area contributed by atoms with Gasteiger partial charge < -0.3 is 20.3 Å². The van der Waals surface area contributed by atoms with E-state index in [9.17, 15) is 18.0 Å². The molecule has 0 fully saturated rings. The second-order valence-electron chi connectivity index (χ2n) is 7.95. The number of nitrogens with one attached hydrogen (secondary N) is 2. The molecule has 0 saturated carbocycles. The standard InChI is InChI=1S/C26H29F3N4O2/c1-4-33(5-2)15-14-30-24-16-18(3)22-17-20(9-12-23(22)32-24)31-25(34)13-8-19-6-10-21(11-7-19)35-26(27,28)29/h6-13,16-17H,4-5,14-15H2,1-3H3,(H,30,32)(H,31,34)/b13-8+. The Morgan fingerprint density at radius 3 is 2.46 bits per heavy atom. The van der Waals surface area contributed by atoms with Crippen LogP contribution in [0.1, 0.15) is 25.0 Å². The number of hydrogen-bond donors (Lipinski definition) is 2. The molecule has 1 aromatic heterocycles. The van der Waals surface area contributed by atoms with Gasteiger partial charge in [0, 0.05) is 30.2 Å². The van der Waals surface area contributed by atoms with Crippen molar-refractivity contribution in [1.29, 1.82) is 0 Å². The Kier molecular flexibility index (Phi) is 8.70. The molecule has 0 atom stereocenters. The summed E-state index contributed by atoms with van der Waals surface area (Å²) in [5.74, 6) is 0.135. The Hall–Kier alpha value is -3.59. The number of hydrogen-bond acceptors (Lipinski definition) is 5. The van der Waals surface area contributed by atoms with E-state index in [2.05, 4.69) is 39.1 Å². The number of amides is 1. The third kappa shape index (κ3) is 7.99. The minimum Gasteiger partial charge on any atom is -0.406 e. The number of pyridine rings is 1. The van der Waals surface area contributed by atoms with E-state index in [1.54, 1.807) is 6.07 Å². The van der Waals surface area contributed by atoms with Crippen molar-refractivity contribution in [1.82, 2.24) is 9.88 Å². The normalized spacial score (nSPS) is 11.9. The molecule has 0 radical (unpaired) electrons. The number of fused-ring (bicyclic) bond motifs is 1. The lowest BCUT2D eigenvalue weighted by atomic mass is 10.1. The van der Waals surface area contributed by atoms with Gasteiger partial charge in [-0.3, -0.25) is 4.79 Å². The zero-order valence-electron chi connectivity index (χ0n) is 19.9. The van der Waals surface area contributed by atoms with Crippen molar-refractivity contribution in [3.63, 3.8) is 0 Å². The summed E-state index contributed by atoms with van der Waals surface area (Å²) in [6.45, 7) is 10.0. The molecule has 0 unspecified atom stereocenters. The van der Waals surface area contributed by atoms with E-state index in [0.29, 0.717) is 11.3 Å². The lowest BCUT2D eigenvalue weighted by Gasteiger charge is -2.18. The highest BCUT2D eigenvalue weighted by molar-refractivity contribution is 6.03. The molecule has 35 heavy (non-hydrogen) atoms. The largest absolute Gasteiger partial charge is 0.573 e. The van der Waals surface area contributed by atoms with Crippen molar-refractivity contribution in [3.8, 4) is 5.75 Å². The fourth-order valence-electron chi connectivity index (χ4n) is 3.58. The van der Waals surface area contributed by atoms with Crippen molar-refractivity contribution in [2.75, 3.05) is 36.8 Å². The van der Waals surface area contributed by atoms with Crippen molar-refractivity contribution >= 4 is 34.4 Å². The Morgan fingerprint density at radius 2 is 1.80 bits per heavy atom. The highest BCUT2D eigenvalue weighted by atomic mass is 19.4. The quantitative estimate of drug-likeness (QED) is 0.352. The average molecular weight is 487 g/mol. The van der Waals surface area contributed by atoms with E-state index < -0.39 is 6.36 Å². The molecule has 3 rings (SSSR count). The molecule has 3 aromatic rings. The maximum absolute atomic E-state index is 12.3. The summed E-state index contributed by atoms with van der Waals surface area (Å²) in [4.78, 5) is 19.3. The van der Waals surface area contributed by atoms with Crippen LogP contribution in [0.5, 0.6) is 5.75 Å². The van der Waals surface area contributed by atoms with E-state index in [4.69, 9.17) is 0 Å². The van der Waals surface area contributed by atoms with E-state index in [1.165, 1.54) is 36.4 Å². The minimum absolute atomic E-state index is 0.318. The van der Waals surface area contributed by atoms with Gasteiger partial charge in [0.15, 0.2) is 0 Å². The highest BCUT2D eigenvalue weighted by Gasteiger charge is 2.30. The van der Waals surface area contributed by atoms with Gasteiger partial charge in [-0.15, -0.1) is 13.2 Å². The van der Waals surface area contributed by atoms with Crippen molar-refractivity contribution in [2.24, 2.45) is 0 Å². The van der Waals surface area contributed by atoms with Gasteiger partial charge in [0.25, 0.3) is 0 Å². The molecule has 0 aliphatic carbocycles. The molecular weight excluding hydrogens is 457 g/mol. The van der Waals surface area contributed by atoms with Crippen LogP contribution in [0.15, 0.2) is 54.6 Å². The first-order valence-electron chi connectivity index (χ1n) is 11.4. The number of aryl methyl sites for hydroxylation is 1. The SMILES string of the molecule is CCN(CC)CCNc1cc(C)c2cc(NC(=O)/C=C/c3ccc(OC(F)(F)F)cc3)ccc2n1. The van der Waals surface area contributed by atoms with Gasteiger partial charge in [-0.05, 0) is 73.6 Å². The molecule has 0 spiro atoms. The highest BCUT2D eigenvalue weighted by Crippen LogP contribution is 2.25. The van der Waals surface area contributed by atoms with Crippen LogP contribution < -0.4 is 15.4 Å². The van der Waals surface area contributed by atoms with Crippen LogP contribution in [0.2, 0.25) is 0 Å². The van der Waals surface area contributed by atoms with Crippen LogP contribution in [0, 0.1) is 6.92 Å². The van der Waals surface area contributed by atoms with Crippen LogP contribution in [0.25, 0.3) is 17.0 Å². The molecule has 0 aliphatic rings. The van der Waals surface area contributed by atoms with E-state index >= 15 is 0 Å². The van der Waals surface area contributed by atoms with Gasteiger partial charge in [-0.1, -0.05) is 26.0 Å². The number of anilines is 2. The fraction of sp³-hybridized carbons (Fsp3) is 0.308. The minimum atomic E-state index is -4.74. The van der Waals surface area contributed by atoms with Gasteiger partial charge >= 0.3 is 6.36 Å². The lowest BCUT2D eigenvalue weighted by molar-refractivity contribution is -0.274. The molecule has 2 N–H and O–H groups in total. The van der Waals surface area contributed by atoms with Crippen LogP contribution >= 0.6 is 0 Å². The number of ether oxygens (including phenoxy) is 1. The van der Waals surface area contributed by atoms with Crippen LogP contribution in [0.4, 0.5) is 24.7 Å². The summed E-state index contributed by atoms with van der Waals surface area (Å²) < 4.78 is 40.6. The van der Waals surface area contributed by atoms with E-state index in [-0.39, 0.29) is 11.7 Å². The Labute approximate surface area is 202 Å². The predicted octanol–water partition coefficient (Wildman–Crippen LogP) is 5.85. The van der Waals surface area contributed by atoms with Crippen LogP contribution in [-0.2, 0) is 4.79 Å². The number of carbonyl (C=O) groups is 1. The zero-order chi connectivity index (χ0) is 25.4. The molecular formula is C26H29F3N4O2. The maximum Gasteiger partial charge on any atom is 0.573 e. The van der Waals surface area contributed by atoms with Crippen molar-refractivity contribution in [3.05, 3.63) is 65.7 Å². The van der Waals surface area contributed by atoms with Crippen molar-refractivity contribution < 1.29 is 22.7 Å². The molecule has 9 heteroatoms. The average Bonchev–Trinajstić information content (AvgIpc) is 2.81. The molecule has 186 valence electrons. The van der Waals surface area contributed by atoms with Crippen LogP contribution in [0.3, 0.4) is 0 Å². The molecule has 0 aliphatic heterocycles. The maximum atomic E-state index is 12.3. The van der Waals surface area contributed by atoms with Crippen LogP contribution in [-0.4, -0.2) is 48.3 Å². The smallest absolute Gasteiger partial charge is 0.406 e. The monoisotopic (exact) mass is 486 g/mol. The lowest BCUT2D eigenvalue weighted by Crippen LogP contribution is -2.28. The number of alkyl halides is 3. The summed E-state index contributed by atoms with van der Waals surface area (Å²) in [5.41, 5.74) is 3.04. The number of aromatic nitrogens is 1. The summed E-state index contributed by atoms with van der Waals surface area (Å²) in [6.07, 6.45) is -1.91. The first kappa shape index (κ1) is 26.0. The molecule has 6 nitrogen and oxygen atoms in total. The predicted molar refractivity (Wildman–Crippen MR) is 134 cm³/mol. The molecule has 1 amide bonds. The fourth-order valence-corrected chi connectivity index (χ4v) is 3.58. The number of benzene rings is 2. The Morgan fingerprint density at radius 1 is 1.09 bits per heavy atom. The summed E-state index contributed by atoms with van der Waals surface area (Å²) in [6, 6.07) is 12.7. The number of nitrogens with zero attached hydrogens (tertiary/aromatic N) is 2. The summed E-state index contributed by atoms with van der Waals surface area (Å²) in [5, 5.41) is 7.11. The van der Waals surface area contributed by atoms with Crippen molar-refractivity contribution in [2.45, 2.75) is 27.1 Å². The number of carbonyl (C=O) groups excluding carboxylic acids is 1. The molecule has 0 saturated heterocycles. The van der Waals surface area contributed by atoms with Gasteiger partial charge in [0.1, 0.15) is 11.6 Å². The van der Waals surface area contributed by atoms with Gasteiger partial charge in [0.05, 0.1) is 5.52 Å². The zero-order valence-corrected chi connectivity index (χ0v) is 19.9. The third-order valence-electron chi connectivity index (χ3n) is 5.45. The van der Waals surface area contributed by atoms with Gasteiger partial charge in [-0.2, -0.15) is 0 Å². The topological polar surface area (TPSA) is 66.5 Å². The number of likely N-dealkylation sites (N-methyl/N-ethyl adjacent to an activating group) is 1. The Balaban J connectivity index is 1.61. The second-order valence-corrected chi connectivity index (χ2v) is 7.95. The first-order valence-corrected chi connectivity index (χ1v) is 11.4.